The van der Waals surface area contributed by atoms with Crippen LogP contribution in [-0.4, -0.2) is 34.0 Å². The van der Waals surface area contributed by atoms with Gasteiger partial charge in [0, 0.05) is 31.9 Å². The third-order valence-corrected chi connectivity index (χ3v) is 3.52. The van der Waals surface area contributed by atoms with Crippen molar-refractivity contribution in [1.82, 2.24) is 9.80 Å². The molecule has 0 fully saturated rings. The first-order chi connectivity index (χ1) is 10.2. The second-order valence-corrected chi connectivity index (χ2v) is 5.00. The number of allylic oxidation sites excluding steroid dienone is 6. The summed E-state index contributed by atoms with van der Waals surface area (Å²) in [5.41, 5.74) is 2.34. The van der Waals surface area contributed by atoms with Crippen molar-refractivity contribution in [2.45, 2.75) is 26.2 Å². The minimum atomic E-state index is -0.722. The summed E-state index contributed by atoms with van der Waals surface area (Å²) in [5, 5.41) is 8.70. The second-order valence-electron chi connectivity index (χ2n) is 5.00. The fourth-order valence-corrected chi connectivity index (χ4v) is 2.45. The summed E-state index contributed by atoms with van der Waals surface area (Å²) in [4.78, 5) is 15.0. The summed E-state index contributed by atoms with van der Waals surface area (Å²) in [7, 11) is 0. The van der Waals surface area contributed by atoms with E-state index in [1.165, 1.54) is 5.70 Å². The first kappa shape index (κ1) is 15.2. The molecule has 0 aromatic rings. The number of aliphatic carboxylic acids is 1. The third kappa shape index (κ3) is 4.12. The lowest BCUT2D eigenvalue weighted by atomic mass is 10.1. The summed E-state index contributed by atoms with van der Waals surface area (Å²) < 4.78 is 0. The molecule has 0 amide bonds. The molecule has 0 aromatic carbocycles. The number of carbonyl (C=O) groups is 1. The maximum absolute atomic E-state index is 10.6. The van der Waals surface area contributed by atoms with Gasteiger partial charge in [-0.1, -0.05) is 12.2 Å². The van der Waals surface area contributed by atoms with Crippen molar-refractivity contribution in [3.8, 4) is 0 Å². The zero-order valence-electron chi connectivity index (χ0n) is 12.4. The molecular formula is C17H22N2O2. The average molecular weight is 286 g/mol. The van der Waals surface area contributed by atoms with Gasteiger partial charge in [-0.15, -0.1) is 0 Å². The number of hydrogen-bond donors (Lipinski definition) is 1. The van der Waals surface area contributed by atoms with Crippen LogP contribution in [0.2, 0.25) is 0 Å². The molecule has 0 bridgehead atoms. The predicted molar refractivity (Wildman–Crippen MR) is 84.2 cm³/mol. The molecule has 0 saturated carbocycles. The molecule has 0 aromatic heterocycles. The number of nitrogens with zero attached hydrogens (tertiary/aromatic N) is 2. The van der Waals surface area contributed by atoms with Crippen molar-refractivity contribution >= 4 is 5.97 Å². The van der Waals surface area contributed by atoms with Gasteiger partial charge >= 0.3 is 5.97 Å². The smallest absolute Gasteiger partial charge is 0.303 e. The van der Waals surface area contributed by atoms with E-state index in [1.54, 1.807) is 0 Å². The van der Waals surface area contributed by atoms with E-state index in [0.29, 0.717) is 6.42 Å². The topological polar surface area (TPSA) is 43.8 Å². The van der Waals surface area contributed by atoms with E-state index >= 15 is 0 Å². The van der Waals surface area contributed by atoms with Gasteiger partial charge in [0.05, 0.1) is 11.4 Å². The van der Waals surface area contributed by atoms with Crippen LogP contribution in [-0.2, 0) is 4.79 Å². The van der Waals surface area contributed by atoms with Crippen LogP contribution >= 0.6 is 0 Å². The molecular weight excluding hydrogens is 264 g/mol. The summed E-state index contributed by atoms with van der Waals surface area (Å²) in [6, 6.07) is 0. The summed E-state index contributed by atoms with van der Waals surface area (Å²) >= 11 is 0. The van der Waals surface area contributed by atoms with Crippen LogP contribution in [0.1, 0.15) is 26.2 Å². The minimum Gasteiger partial charge on any atom is -0.481 e. The number of likely N-dealkylation sites (N-methyl/N-ethyl adjacent to an activating group) is 1. The number of hydrogen-bond acceptors (Lipinski definition) is 3. The van der Waals surface area contributed by atoms with E-state index in [0.717, 1.165) is 25.2 Å². The third-order valence-electron chi connectivity index (χ3n) is 3.52. The Morgan fingerprint density at radius 3 is 2.24 bits per heavy atom. The number of unbranched alkanes of at least 4 members (excludes halogenated alkanes) is 1. The molecule has 0 radical (unpaired) electrons. The fourth-order valence-electron chi connectivity index (χ4n) is 2.45. The van der Waals surface area contributed by atoms with Crippen LogP contribution in [0.25, 0.3) is 0 Å². The highest BCUT2D eigenvalue weighted by Gasteiger charge is 2.15. The molecule has 4 heteroatoms. The Bertz CT molecular complexity index is 527. The second kappa shape index (κ2) is 7.53. The van der Waals surface area contributed by atoms with E-state index in [2.05, 4.69) is 41.3 Å². The van der Waals surface area contributed by atoms with Gasteiger partial charge in [-0.05, 0) is 44.1 Å². The highest BCUT2D eigenvalue weighted by Crippen LogP contribution is 2.23. The first-order valence-electron chi connectivity index (χ1n) is 7.41. The largest absolute Gasteiger partial charge is 0.481 e. The van der Waals surface area contributed by atoms with Gasteiger partial charge in [0.15, 0.2) is 0 Å². The Morgan fingerprint density at radius 1 is 1.00 bits per heavy atom. The maximum atomic E-state index is 10.6. The van der Waals surface area contributed by atoms with Crippen LogP contribution in [0.5, 0.6) is 0 Å². The molecule has 1 N–H and O–H groups in total. The Kier molecular flexibility index (Phi) is 5.43. The number of rotatable bonds is 6. The van der Waals surface area contributed by atoms with Crippen molar-refractivity contribution in [2.75, 3.05) is 13.1 Å². The molecule has 0 saturated heterocycles. The standard InChI is InChI=1S/C17H22N2O2/c1-2-18-12-6-3-9-15(18)16-10-4-7-13-19(16)14-8-5-11-17(20)21/h3-4,6-7,9-10,12-13H,2,5,8,11,14H2,1H3,(H,20,21). The van der Waals surface area contributed by atoms with Crippen molar-refractivity contribution in [3.63, 3.8) is 0 Å². The van der Waals surface area contributed by atoms with Crippen molar-refractivity contribution < 1.29 is 9.90 Å². The molecule has 21 heavy (non-hydrogen) atoms. The van der Waals surface area contributed by atoms with E-state index in [9.17, 15) is 4.79 Å². The zero-order valence-corrected chi connectivity index (χ0v) is 12.4. The number of carboxylic acid groups (broad SMARTS) is 1. The average Bonchev–Trinajstić information content (AvgIpc) is 2.52. The maximum Gasteiger partial charge on any atom is 0.303 e. The van der Waals surface area contributed by atoms with Gasteiger partial charge in [-0.3, -0.25) is 4.79 Å². The molecule has 2 rings (SSSR count). The summed E-state index contributed by atoms with van der Waals surface area (Å²) in [6.45, 7) is 3.88. The highest BCUT2D eigenvalue weighted by molar-refractivity contribution is 5.66. The highest BCUT2D eigenvalue weighted by atomic mass is 16.4. The number of carboxylic acids is 1. The Hall–Kier alpha value is -2.23. The van der Waals surface area contributed by atoms with Crippen LogP contribution < -0.4 is 0 Å². The molecule has 0 aliphatic carbocycles. The van der Waals surface area contributed by atoms with E-state index in [4.69, 9.17) is 5.11 Å². The van der Waals surface area contributed by atoms with E-state index in [1.807, 2.05) is 24.3 Å². The molecule has 2 aliphatic heterocycles. The molecule has 112 valence electrons. The van der Waals surface area contributed by atoms with Gasteiger partial charge in [0.1, 0.15) is 0 Å². The molecule has 2 aliphatic rings. The van der Waals surface area contributed by atoms with Crippen LogP contribution in [0.3, 0.4) is 0 Å². The Labute approximate surface area is 126 Å². The van der Waals surface area contributed by atoms with Gasteiger partial charge in [-0.2, -0.15) is 0 Å². The summed E-state index contributed by atoms with van der Waals surface area (Å²) in [5.74, 6) is -0.722. The monoisotopic (exact) mass is 286 g/mol. The quantitative estimate of drug-likeness (QED) is 0.761. The predicted octanol–water partition coefficient (Wildman–Crippen LogP) is 3.24. The van der Waals surface area contributed by atoms with Crippen LogP contribution in [0.4, 0.5) is 0 Å². The summed E-state index contributed by atoms with van der Waals surface area (Å²) in [6.07, 6.45) is 18.3. The Balaban J connectivity index is 2.07. The van der Waals surface area contributed by atoms with Crippen molar-refractivity contribution in [2.24, 2.45) is 0 Å². The Morgan fingerprint density at radius 2 is 1.62 bits per heavy atom. The lowest BCUT2D eigenvalue weighted by Crippen LogP contribution is -2.26. The van der Waals surface area contributed by atoms with E-state index < -0.39 is 5.97 Å². The van der Waals surface area contributed by atoms with Gasteiger partial charge in [-0.25, -0.2) is 0 Å². The van der Waals surface area contributed by atoms with Crippen LogP contribution in [0, 0.1) is 0 Å². The minimum absolute atomic E-state index is 0.239. The van der Waals surface area contributed by atoms with Crippen molar-refractivity contribution in [1.29, 1.82) is 0 Å². The lowest BCUT2D eigenvalue weighted by Gasteiger charge is -2.31. The molecule has 4 nitrogen and oxygen atoms in total. The van der Waals surface area contributed by atoms with E-state index in [-0.39, 0.29) is 6.42 Å². The molecule has 0 unspecified atom stereocenters. The van der Waals surface area contributed by atoms with Crippen molar-refractivity contribution in [3.05, 3.63) is 60.3 Å². The normalized spacial score (nSPS) is 20.4. The van der Waals surface area contributed by atoms with Gasteiger partial charge < -0.3 is 14.9 Å². The first-order valence-corrected chi connectivity index (χ1v) is 7.41. The molecule has 0 atom stereocenters. The lowest BCUT2D eigenvalue weighted by molar-refractivity contribution is -0.137. The van der Waals surface area contributed by atoms with Gasteiger partial charge in [0.2, 0.25) is 0 Å². The molecule has 2 heterocycles. The van der Waals surface area contributed by atoms with Gasteiger partial charge in [0.25, 0.3) is 0 Å². The molecule has 0 spiro atoms. The zero-order chi connectivity index (χ0) is 15.1. The fraction of sp³-hybridized carbons (Fsp3) is 0.353. The van der Waals surface area contributed by atoms with Crippen LogP contribution in [0.15, 0.2) is 60.3 Å². The SMILES string of the molecule is CCN1C=CC=CC1=C1C=CC=CN1CCCCC(=O)O.